The van der Waals surface area contributed by atoms with Gasteiger partial charge in [0.25, 0.3) is 17.4 Å². The van der Waals surface area contributed by atoms with Crippen LogP contribution in [0.2, 0.25) is 0 Å². The van der Waals surface area contributed by atoms with Crippen molar-refractivity contribution in [2.45, 2.75) is 38.5 Å². The lowest BCUT2D eigenvalue weighted by Crippen LogP contribution is -2.31. The van der Waals surface area contributed by atoms with Gasteiger partial charge in [-0.1, -0.05) is 0 Å². The Hall–Kier alpha value is -4.47. The predicted molar refractivity (Wildman–Crippen MR) is 129 cm³/mol. The molecule has 10 heteroatoms. The van der Waals surface area contributed by atoms with Crippen LogP contribution in [0.5, 0.6) is 5.75 Å². The quantitative estimate of drug-likeness (QED) is 0.177. The molecule has 3 heterocycles. The van der Waals surface area contributed by atoms with E-state index in [1.807, 2.05) is 11.5 Å². The van der Waals surface area contributed by atoms with Gasteiger partial charge in [0.15, 0.2) is 0 Å². The average Bonchev–Trinajstić information content (AvgIpc) is 3.57. The standard InChI is InChI=1S/C26H24N4O6/c1-16-13-19-14-18(5-8-21(19)36-16)24(31)22-23(17-3-6-20(7-4-17)30(34)35)29(26(33)25(22)32)11-2-10-28-12-9-27-15-28/h3-9,12,14-16,23,31H,2,10-11,13H2,1H3/b24-22+. The van der Waals surface area contributed by atoms with Crippen molar-refractivity contribution in [1.82, 2.24) is 14.5 Å². The Morgan fingerprint density at radius 3 is 2.67 bits per heavy atom. The third-order valence-corrected chi connectivity index (χ3v) is 6.50. The lowest BCUT2D eigenvalue weighted by atomic mass is 9.94. The maximum absolute atomic E-state index is 13.2. The van der Waals surface area contributed by atoms with Crippen LogP contribution in [-0.4, -0.2) is 48.8 Å². The van der Waals surface area contributed by atoms with Crippen molar-refractivity contribution < 1.29 is 24.4 Å². The smallest absolute Gasteiger partial charge is 0.295 e. The molecule has 184 valence electrons. The van der Waals surface area contributed by atoms with E-state index in [4.69, 9.17) is 4.74 Å². The van der Waals surface area contributed by atoms with E-state index < -0.39 is 22.7 Å². The number of nitro benzene ring substituents is 1. The summed E-state index contributed by atoms with van der Waals surface area (Å²) in [4.78, 5) is 42.4. The zero-order valence-corrected chi connectivity index (χ0v) is 19.5. The summed E-state index contributed by atoms with van der Waals surface area (Å²) < 4.78 is 7.60. The van der Waals surface area contributed by atoms with Crippen LogP contribution in [0.3, 0.4) is 0 Å². The number of non-ortho nitro benzene ring substituents is 1. The van der Waals surface area contributed by atoms with E-state index in [0.717, 1.165) is 11.3 Å². The maximum Gasteiger partial charge on any atom is 0.295 e. The zero-order chi connectivity index (χ0) is 25.4. The summed E-state index contributed by atoms with van der Waals surface area (Å²) in [6.07, 6.45) is 6.36. The van der Waals surface area contributed by atoms with E-state index in [0.29, 0.717) is 30.5 Å². The Balaban J connectivity index is 1.54. The van der Waals surface area contributed by atoms with Gasteiger partial charge in [-0.05, 0) is 54.8 Å². The minimum atomic E-state index is -0.878. The van der Waals surface area contributed by atoms with Gasteiger partial charge >= 0.3 is 0 Å². The largest absolute Gasteiger partial charge is 0.507 e. The Morgan fingerprint density at radius 2 is 1.97 bits per heavy atom. The molecule has 1 fully saturated rings. The van der Waals surface area contributed by atoms with Gasteiger partial charge in [-0.3, -0.25) is 19.7 Å². The number of nitrogens with zero attached hydrogens (tertiary/aromatic N) is 4. The molecule has 2 atom stereocenters. The van der Waals surface area contributed by atoms with Crippen molar-refractivity contribution in [3.63, 3.8) is 0 Å². The highest BCUT2D eigenvalue weighted by atomic mass is 16.6. The van der Waals surface area contributed by atoms with Crippen molar-refractivity contribution in [2.24, 2.45) is 0 Å². The van der Waals surface area contributed by atoms with Crippen LogP contribution in [-0.2, 0) is 22.6 Å². The van der Waals surface area contributed by atoms with Crippen molar-refractivity contribution in [1.29, 1.82) is 0 Å². The van der Waals surface area contributed by atoms with Gasteiger partial charge in [0, 0.05) is 49.6 Å². The molecule has 1 saturated heterocycles. The molecule has 2 aliphatic heterocycles. The van der Waals surface area contributed by atoms with Gasteiger partial charge in [0.1, 0.15) is 17.6 Å². The Bertz CT molecular complexity index is 1360. The van der Waals surface area contributed by atoms with Crippen molar-refractivity contribution in [2.75, 3.05) is 6.54 Å². The SMILES string of the molecule is CC1Cc2cc(/C(O)=C3\C(=O)C(=O)N(CCCn4ccnc4)C3c3ccc([N+](=O)[O-])cc3)ccc2O1. The minimum Gasteiger partial charge on any atom is -0.507 e. The Morgan fingerprint density at radius 1 is 1.19 bits per heavy atom. The van der Waals surface area contributed by atoms with Crippen LogP contribution in [0.15, 0.2) is 66.8 Å². The van der Waals surface area contributed by atoms with Gasteiger partial charge in [-0.2, -0.15) is 0 Å². The molecular formula is C26H24N4O6. The fraction of sp³-hybridized carbons (Fsp3) is 0.269. The third-order valence-electron chi connectivity index (χ3n) is 6.50. The number of benzene rings is 2. The monoisotopic (exact) mass is 488 g/mol. The summed E-state index contributed by atoms with van der Waals surface area (Å²) in [5.74, 6) is -1.06. The molecule has 1 aromatic heterocycles. The van der Waals surface area contributed by atoms with Gasteiger partial charge < -0.3 is 19.3 Å². The highest BCUT2D eigenvalue weighted by Crippen LogP contribution is 2.41. The highest BCUT2D eigenvalue weighted by Gasteiger charge is 2.46. The second kappa shape index (κ2) is 9.29. The topological polar surface area (TPSA) is 128 Å². The van der Waals surface area contributed by atoms with E-state index in [2.05, 4.69) is 4.98 Å². The molecule has 0 bridgehead atoms. The number of aryl methyl sites for hydroxylation is 1. The fourth-order valence-electron chi connectivity index (χ4n) is 4.80. The predicted octanol–water partition coefficient (Wildman–Crippen LogP) is 3.63. The third kappa shape index (κ3) is 4.21. The van der Waals surface area contributed by atoms with Crippen LogP contribution in [0.4, 0.5) is 5.69 Å². The number of fused-ring (bicyclic) bond motifs is 1. The van der Waals surface area contributed by atoms with Gasteiger partial charge in [0.05, 0.1) is 22.9 Å². The highest BCUT2D eigenvalue weighted by molar-refractivity contribution is 6.46. The Kier molecular flexibility index (Phi) is 6.01. The molecule has 2 aromatic carbocycles. The molecule has 36 heavy (non-hydrogen) atoms. The first-order valence-electron chi connectivity index (χ1n) is 11.6. The van der Waals surface area contributed by atoms with E-state index >= 15 is 0 Å². The van der Waals surface area contributed by atoms with Crippen molar-refractivity contribution in [3.05, 3.63) is 93.6 Å². The first kappa shape index (κ1) is 23.3. The summed E-state index contributed by atoms with van der Waals surface area (Å²) >= 11 is 0. The maximum atomic E-state index is 13.2. The summed E-state index contributed by atoms with van der Waals surface area (Å²) in [7, 11) is 0. The van der Waals surface area contributed by atoms with Gasteiger partial charge in [-0.15, -0.1) is 0 Å². The number of hydrogen-bond acceptors (Lipinski definition) is 7. The molecule has 1 amide bonds. The zero-order valence-electron chi connectivity index (χ0n) is 19.5. The van der Waals surface area contributed by atoms with Crippen molar-refractivity contribution >= 4 is 23.1 Å². The van der Waals surface area contributed by atoms with E-state index in [9.17, 15) is 24.8 Å². The summed E-state index contributed by atoms with van der Waals surface area (Å²) in [5.41, 5.74) is 1.68. The number of ketones is 1. The number of carbonyl (C=O) groups is 2. The molecule has 0 saturated carbocycles. The summed E-state index contributed by atoms with van der Waals surface area (Å²) in [5, 5.41) is 22.4. The first-order valence-corrected chi connectivity index (χ1v) is 11.6. The second-order valence-corrected chi connectivity index (χ2v) is 8.95. The number of aliphatic hydroxyl groups is 1. The van der Waals surface area contributed by atoms with E-state index in [1.54, 1.807) is 36.9 Å². The number of carbonyl (C=O) groups excluding carboxylic acids is 2. The number of Topliss-reactive ketones (excluding diaryl/α,β-unsaturated/α-hetero) is 1. The van der Waals surface area contributed by atoms with Crippen molar-refractivity contribution in [3.8, 4) is 5.75 Å². The molecular weight excluding hydrogens is 464 g/mol. The van der Waals surface area contributed by atoms with Crippen LogP contribution < -0.4 is 4.74 Å². The molecule has 10 nitrogen and oxygen atoms in total. The lowest BCUT2D eigenvalue weighted by Gasteiger charge is -2.25. The molecule has 3 aromatic rings. The molecule has 0 spiro atoms. The number of imidazole rings is 1. The fourth-order valence-corrected chi connectivity index (χ4v) is 4.80. The Labute approximate surface area is 206 Å². The molecule has 1 N–H and O–H groups in total. The van der Waals surface area contributed by atoms with Crippen LogP contribution in [0.25, 0.3) is 5.76 Å². The number of likely N-dealkylation sites (tertiary alicyclic amines) is 1. The number of nitro groups is 1. The normalized spacial score (nSPS) is 20.4. The molecule has 0 radical (unpaired) electrons. The van der Waals surface area contributed by atoms with E-state index in [-0.39, 0.29) is 29.7 Å². The number of aliphatic hydroxyl groups excluding tert-OH is 1. The van der Waals surface area contributed by atoms with Crippen LogP contribution >= 0.6 is 0 Å². The van der Waals surface area contributed by atoms with Crippen LogP contribution in [0, 0.1) is 10.1 Å². The number of ether oxygens (including phenoxy) is 1. The average molecular weight is 489 g/mol. The summed E-state index contributed by atoms with van der Waals surface area (Å²) in [6.45, 7) is 2.78. The van der Waals surface area contributed by atoms with Gasteiger partial charge in [-0.25, -0.2) is 4.98 Å². The molecule has 2 unspecified atom stereocenters. The number of aromatic nitrogens is 2. The first-order chi connectivity index (χ1) is 17.3. The number of rotatable bonds is 7. The lowest BCUT2D eigenvalue weighted by molar-refractivity contribution is -0.384. The summed E-state index contributed by atoms with van der Waals surface area (Å²) in [6, 6.07) is 9.99. The van der Waals surface area contributed by atoms with Crippen LogP contribution in [0.1, 0.15) is 36.1 Å². The number of amides is 1. The van der Waals surface area contributed by atoms with Gasteiger partial charge in [0.2, 0.25) is 0 Å². The molecule has 2 aliphatic rings. The minimum absolute atomic E-state index is 0.0126. The molecule has 0 aliphatic carbocycles. The molecule has 5 rings (SSSR count). The van der Waals surface area contributed by atoms with E-state index in [1.165, 1.54) is 29.2 Å². The second-order valence-electron chi connectivity index (χ2n) is 8.95. The number of hydrogen-bond donors (Lipinski definition) is 1.